The van der Waals surface area contributed by atoms with E-state index in [9.17, 15) is 19.2 Å². The third-order valence-electron chi connectivity index (χ3n) is 5.15. The number of nitriles is 1. The molecule has 3 rings (SSSR count). The molecule has 0 saturated heterocycles. The van der Waals surface area contributed by atoms with Crippen LogP contribution in [0.25, 0.3) is 0 Å². The van der Waals surface area contributed by atoms with Crippen molar-refractivity contribution in [3.05, 3.63) is 86.5 Å². The summed E-state index contributed by atoms with van der Waals surface area (Å²) in [5.74, 6) is -3.26. The van der Waals surface area contributed by atoms with Crippen molar-refractivity contribution in [3.8, 4) is 6.07 Å². The number of hydrogen-bond acceptors (Lipinski definition) is 7. The van der Waals surface area contributed by atoms with E-state index < -0.39 is 23.7 Å². The first-order valence-corrected chi connectivity index (χ1v) is 10.2. The number of carbonyl (C=O) groups excluding carboxylic acids is 2. The molecule has 0 radical (unpaired) electrons. The van der Waals surface area contributed by atoms with E-state index in [0.29, 0.717) is 10.0 Å². The molecule has 0 amide bonds. The minimum Gasteiger partial charge on any atom is -0.466 e. The molecule has 164 valence electrons. The maximum atomic E-state index is 14.1. The fourth-order valence-corrected chi connectivity index (χ4v) is 4.08. The lowest BCUT2D eigenvalue weighted by Crippen LogP contribution is -2.41. The Hall–Kier alpha value is -3.64. The van der Waals surface area contributed by atoms with Crippen molar-refractivity contribution in [1.82, 2.24) is 0 Å². The summed E-state index contributed by atoms with van der Waals surface area (Å²) in [6.45, 7) is 1.54. The second kappa shape index (κ2) is 9.24. The predicted octanol–water partition coefficient (Wildman–Crippen LogP) is 3.79. The highest BCUT2D eigenvalue weighted by Gasteiger charge is 2.43. The molecule has 0 aromatic heterocycles. The number of nitrogens with two attached hydrogens (primary N) is 1. The number of benzene rings is 2. The number of anilines is 1. The van der Waals surface area contributed by atoms with E-state index in [-0.39, 0.29) is 33.9 Å². The Morgan fingerprint density at radius 3 is 2.31 bits per heavy atom. The lowest BCUT2D eigenvalue weighted by atomic mass is 9.81. The Bertz CT molecular complexity index is 1200. The zero-order chi connectivity index (χ0) is 23.6. The maximum absolute atomic E-state index is 14.1. The Kier molecular flexibility index (Phi) is 6.65. The highest BCUT2D eigenvalue weighted by atomic mass is 79.9. The largest absolute Gasteiger partial charge is 0.466 e. The molecule has 0 saturated carbocycles. The molecule has 9 heteroatoms. The number of esters is 2. The van der Waals surface area contributed by atoms with Crippen LogP contribution in [0.1, 0.15) is 17.0 Å². The first-order valence-electron chi connectivity index (χ1n) is 9.38. The quantitative estimate of drug-likeness (QED) is 0.637. The number of ether oxygens (including phenoxy) is 2. The summed E-state index contributed by atoms with van der Waals surface area (Å²) in [7, 11) is 2.33. The number of hydrogen-bond donors (Lipinski definition) is 1. The van der Waals surface area contributed by atoms with Crippen molar-refractivity contribution in [3.63, 3.8) is 0 Å². The molecular formula is C23H19BrFN3O4. The van der Waals surface area contributed by atoms with Crippen LogP contribution in [0.4, 0.5) is 10.1 Å². The SMILES string of the molecule is COC(=O)C1=C(C(=O)OC)N(c2ccc(F)c(C)c2Br)C(N)=C(C#N)C1c1ccccc1. The lowest BCUT2D eigenvalue weighted by molar-refractivity contribution is -0.139. The van der Waals surface area contributed by atoms with E-state index in [1.807, 2.05) is 0 Å². The molecule has 1 aliphatic heterocycles. The molecule has 1 atom stereocenters. The van der Waals surface area contributed by atoms with Crippen LogP contribution in [0.2, 0.25) is 0 Å². The zero-order valence-electron chi connectivity index (χ0n) is 17.5. The second-order valence-corrected chi connectivity index (χ2v) is 7.63. The minimum atomic E-state index is -0.973. The van der Waals surface area contributed by atoms with E-state index in [4.69, 9.17) is 15.2 Å². The van der Waals surface area contributed by atoms with E-state index in [2.05, 4.69) is 22.0 Å². The summed E-state index contributed by atoms with van der Waals surface area (Å²) in [5.41, 5.74) is 7.16. The van der Waals surface area contributed by atoms with Crippen molar-refractivity contribution < 1.29 is 23.5 Å². The molecule has 0 spiro atoms. The van der Waals surface area contributed by atoms with Crippen LogP contribution in [-0.4, -0.2) is 26.2 Å². The van der Waals surface area contributed by atoms with E-state index in [1.165, 1.54) is 31.1 Å². The van der Waals surface area contributed by atoms with Crippen LogP contribution >= 0.6 is 15.9 Å². The number of rotatable bonds is 4. The van der Waals surface area contributed by atoms with Gasteiger partial charge < -0.3 is 15.2 Å². The monoisotopic (exact) mass is 499 g/mol. The number of nitrogens with zero attached hydrogens (tertiary/aromatic N) is 2. The van der Waals surface area contributed by atoms with E-state index in [0.717, 1.165) is 7.11 Å². The van der Waals surface area contributed by atoms with Crippen LogP contribution in [0.15, 0.2) is 69.6 Å². The molecule has 0 aliphatic carbocycles. The topological polar surface area (TPSA) is 106 Å². The van der Waals surface area contributed by atoms with E-state index in [1.54, 1.807) is 30.3 Å². The third-order valence-corrected chi connectivity index (χ3v) is 6.15. The van der Waals surface area contributed by atoms with Crippen LogP contribution in [0.3, 0.4) is 0 Å². The molecular weight excluding hydrogens is 481 g/mol. The van der Waals surface area contributed by atoms with Gasteiger partial charge in [0.2, 0.25) is 0 Å². The maximum Gasteiger partial charge on any atom is 0.355 e. The van der Waals surface area contributed by atoms with Crippen molar-refractivity contribution in [2.75, 3.05) is 19.1 Å². The Morgan fingerprint density at radius 2 is 1.75 bits per heavy atom. The van der Waals surface area contributed by atoms with Crippen molar-refractivity contribution in [2.45, 2.75) is 12.8 Å². The minimum absolute atomic E-state index is 0.0260. The molecule has 2 aromatic rings. The Morgan fingerprint density at radius 1 is 1.12 bits per heavy atom. The van der Waals surface area contributed by atoms with Crippen LogP contribution in [-0.2, 0) is 19.1 Å². The van der Waals surface area contributed by atoms with Gasteiger partial charge in [-0.05, 0) is 40.5 Å². The van der Waals surface area contributed by atoms with Gasteiger partial charge in [0.15, 0.2) is 0 Å². The van der Waals surface area contributed by atoms with E-state index >= 15 is 0 Å². The molecule has 0 bridgehead atoms. The van der Waals surface area contributed by atoms with Crippen LogP contribution in [0.5, 0.6) is 0 Å². The average molecular weight is 500 g/mol. The fourth-order valence-electron chi connectivity index (χ4n) is 3.58. The van der Waals surface area contributed by atoms with Gasteiger partial charge in [0, 0.05) is 10.0 Å². The molecule has 1 unspecified atom stereocenters. The molecule has 0 fully saturated rings. The summed E-state index contributed by atoms with van der Waals surface area (Å²) in [4.78, 5) is 27.2. The number of halogens is 2. The summed E-state index contributed by atoms with van der Waals surface area (Å²) >= 11 is 3.33. The molecule has 32 heavy (non-hydrogen) atoms. The van der Waals surface area contributed by atoms with Crippen molar-refractivity contribution >= 4 is 33.6 Å². The van der Waals surface area contributed by atoms with Gasteiger partial charge in [0.1, 0.15) is 17.3 Å². The number of methoxy groups -OCH3 is 2. The van der Waals surface area contributed by atoms with Crippen LogP contribution < -0.4 is 10.6 Å². The highest BCUT2D eigenvalue weighted by molar-refractivity contribution is 9.10. The lowest BCUT2D eigenvalue weighted by Gasteiger charge is -2.36. The normalized spacial score (nSPS) is 16.0. The first-order chi connectivity index (χ1) is 15.3. The Balaban J connectivity index is 2.46. The average Bonchev–Trinajstić information content (AvgIpc) is 2.81. The van der Waals surface area contributed by atoms with Gasteiger partial charge in [0.05, 0.1) is 43.0 Å². The summed E-state index contributed by atoms with van der Waals surface area (Å²) < 4.78 is 24.3. The molecule has 7 nitrogen and oxygen atoms in total. The second-order valence-electron chi connectivity index (χ2n) is 6.84. The van der Waals surface area contributed by atoms with Gasteiger partial charge in [-0.3, -0.25) is 4.90 Å². The summed E-state index contributed by atoms with van der Waals surface area (Å²) in [6, 6.07) is 13.3. The van der Waals surface area contributed by atoms with Gasteiger partial charge in [-0.1, -0.05) is 30.3 Å². The van der Waals surface area contributed by atoms with Gasteiger partial charge in [0.25, 0.3) is 0 Å². The molecule has 1 aliphatic rings. The standard InChI is InChI=1S/C23H19BrFN3O4/c1-12-15(25)9-10-16(19(12)24)28-20(23(30)32-3)18(22(29)31-2)17(14(11-26)21(28)27)13-7-5-4-6-8-13/h4-10,17H,27H2,1-3H3. The number of carbonyl (C=O) groups is 2. The smallest absolute Gasteiger partial charge is 0.355 e. The fraction of sp³-hybridized carbons (Fsp3) is 0.174. The van der Waals surface area contributed by atoms with Crippen LogP contribution in [0, 0.1) is 24.1 Å². The van der Waals surface area contributed by atoms with Gasteiger partial charge in [-0.15, -0.1) is 0 Å². The molecule has 2 N–H and O–H groups in total. The number of allylic oxidation sites excluding steroid dienone is 1. The van der Waals surface area contributed by atoms with Gasteiger partial charge in [-0.25, -0.2) is 14.0 Å². The summed E-state index contributed by atoms with van der Waals surface area (Å²) in [6.07, 6.45) is 0. The van der Waals surface area contributed by atoms with Crippen molar-refractivity contribution in [2.24, 2.45) is 5.73 Å². The van der Waals surface area contributed by atoms with Gasteiger partial charge in [-0.2, -0.15) is 5.26 Å². The molecule has 1 heterocycles. The first kappa shape index (κ1) is 23.0. The highest BCUT2D eigenvalue weighted by Crippen LogP contribution is 2.45. The third kappa shape index (κ3) is 3.74. The summed E-state index contributed by atoms with van der Waals surface area (Å²) in [5, 5.41) is 10.0. The zero-order valence-corrected chi connectivity index (χ0v) is 19.1. The Labute approximate surface area is 192 Å². The molecule has 2 aromatic carbocycles. The van der Waals surface area contributed by atoms with Crippen molar-refractivity contribution in [1.29, 1.82) is 5.26 Å². The predicted molar refractivity (Wildman–Crippen MR) is 118 cm³/mol. The van der Waals surface area contributed by atoms with Gasteiger partial charge >= 0.3 is 11.9 Å².